The van der Waals surface area contributed by atoms with Gasteiger partial charge >= 0.3 is 6.09 Å². The number of guanidine groups is 1. The number of nitrogens with zero attached hydrogens (tertiary/aromatic N) is 3. The molecule has 28 heavy (non-hydrogen) atoms. The van der Waals surface area contributed by atoms with E-state index in [0.717, 1.165) is 30.9 Å². The molecule has 2 N–H and O–H groups in total. The normalized spacial score (nSPS) is 14.7. The minimum atomic E-state index is -0.251. The largest absolute Gasteiger partial charge is 0.450 e. The molecule has 2 amide bonds. The Morgan fingerprint density at radius 2 is 2.04 bits per heavy atom. The number of hydrogen-bond acceptors (Lipinski definition) is 5. The van der Waals surface area contributed by atoms with Gasteiger partial charge in [-0.15, -0.1) is 30.6 Å². The van der Waals surface area contributed by atoms with Crippen LogP contribution in [0, 0.1) is 0 Å². The third-order valence-electron chi connectivity index (χ3n) is 4.01. The molecular formula is C18H34IN5O3S. The van der Waals surface area contributed by atoms with Crippen molar-refractivity contribution in [2.45, 2.75) is 25.8 Å². The van der Waals surface area contributed by atoms with Crippen LogP contribution in [-0.4, -0.2) is 92.2 Å². The summed E-state index contributed by atoms with van der Waals surface area (Å²) in [5.74, 6) is 2.43. The van der Waals surface area contributed by atoms with Gasteiger partial charge in [0.05, 0.1) is 6.61 Å². The molecule has 0 spiro atoms. The van der Waals surface area contributed by atoms with Crippen LogP contribution in [0.5, 0.6) is 0 Å². The number of hydrogen-bond donors (Lipinski definition) is 2. The number of amides is 2. The quantitative estimate of drug-likeness (QED) is 0.156. The van der Waals surface area contributed by atoms with Crippen LogP contribution in [0.4, 0.5) is 4.79 Å². The molecule has 162 valence electrons. The molecule has 0 bridgehead atoms. The predicted octanol–water partition coefficient (Wildman–Crippen LogP) is 1.77. The number of likely N-dealkylation sites (N-methyl/N-ethyl adjacent to an activating group) is 1. The summed E-state index contributed by atoms with van der Waals surface area (Å²) >= 11 is 1.78. The Morgan fingerprint density at radius 1 is 1.36 bits per heavy atom. The Bertz CT molecular complexity index is 511. The smallest absolute Gasteiger partial charge is 0.409 e. The van der Waals surface area contributed by atoms with Crippen LogP contribution in [0.15, 0.2) is 17.6 Å². The molecule has 1 saturated heterocycles. The lowest BCUT2D eigenvalue weighted by Crippen LogP contribution is -2.50. The molecule has 1 aliphatic heterocycles. The van der Waals surface area contributed by atoms with Crippen molar-refractivity contribution in [2.75, 3.05) is 58.4 Å². The van der Waals surface area contributed by atoms with E-state index in [1.54, 1.807) is 30.8 Å². The second kappa shape index (κ2) is 15.7. The SMILES string of the molecule is C=CCSCCNC(=NCC(=O)N(C)C)NC1CCN(C(=O)OCC)CC1.I. The second-order valence-corrected chi connectivity index (χ2v) is 7.50. The van der Waals surface area contributed by atoms with Crippen molar-refractivity contribution in [3.05, 3.63) is 12.7 Å². The number of piperidine rings is 1. The number of likely N-dealkylation sites (tertiary alicyclic amines) is 1. The van der Waals surface area contributed by atoms with Crippen LogP contribution in [0.1, 0.15) is 19.8 Å². The summed E-state index contributed by atoms with van der Waals surface area (Å²) in [6, 6.07) is 0.206. The van der Waals surface area contributed by atoms with Crippen molar-refractivity contribution in [2.24, 2.45) is 4.99 Å². The van der Waals surface area contributed by atoms with Crippen molar-refractivity contribution in [3.63, 3.8) is 0 Å². The van der Waals surface area contributed by atoms with E-state index < -0.39 is 0 Å². The Morgan fingerprint density at radius 3 is 2.61 bits per heavy atom. The fourth-order valence-corrected chi connectivity index (χ4v) is 3.04. The summed E-state index contributed by atoms with van der Waals surface area (Å²) in [5, 5.41) is 6.67. The van der Waals surface area contributed by atoms with Gasteiger partial charge in [-0.25, -0.2) is 9.79 Å². The first-order valence-corrected chi connectivity index (χ1v) is 10.5. The van der Waals surface area contributed by atoms with Crippen molar-refractivity contribution in [3.8, 4) is 0 Å². The summed E-state index contributed by atoms with van der Waals surface area (Å²) in [6.45, 7) is 8.06. The minimum absolute atomic E-state index is 0. The van der Waals surface area contributed by atoms with E-state index in [-0.39, 0.29) is 48.6 Å². The summed E-state index contributed by atoms with van der Waals surface area (Å²) in [4.78, 5) is 31.3. The zero-order valence-electron chi connectivity index (χ0n) is 17.1. The molecule has 1 heterocycles. The summed E-state index contributed by atoms with van der Waals surface area (Å²) in [7, 11) is 3.44. The fourth-order valence-electron chi connectivity index (χ4n) is 2.46. The first-order valence-electron chi connectivity index (χ1n) is 9.33. The number of aliphatic imine (C=N–C) groups is 1. The molecule has 0 aromatic heterocycles. The van der Waals surface area contributed by atoms with E-state index in [2.05, 4.69) is 22.2 Å². The Balaban J connectivity index is 0.00000729. The average molecular weight is 527 g/mol. The van der Waals surface area contributed by atoms with Crippen molar-refractivity contribution in [1.82, 2.24) is 20.4 Å². The first kappa shape index (κ1) is 26.8. The molecule has 1 fully saturated rings. The Hall–Kier alpha value is -1.17. The maximum atomic E-state index is 11.8. The van der Waals surface area contributed by atoms with E-state index in [1.807, 2.05) is 13.0 Å². The van der Waals surface area contributed by atoms with Gasteiger partial charge in [-0.1, -0.05) is 6.08 Å². The molecule has 8 nitrogen and oxygen atoms in total. The third-order valence-corrected chi connectivity index (χ3v) is 4.97. The lowest BCUT2D eigenvalue weighted by Gasteiger charge is -2.32. The minimum Gasteiger partial charge on any atom is -0.450 e. The molecule has 0 unspecified atom stereocenters. The van der Waals surface area contributed by atoms with Crippen LogP contribution in [0.25, 0.3) is 0 Å². The number of halogens is 1. The molecule has 10 heteroatoms. The van der Waals surface area contributed by atoms with Crippen LogP contribution in [-0.2, 0) is 9.53 Å². The molecule has 1 aliphatic rings. The van der Waals surface area contributed by atoms with Crippen molar-refractivity contribution < 1.29 is 14.3 Å². The highest BCUT2D eigenvalue weighted by atomic mass is 127. The number of thioether (sulfide) groups is 1. The highest BCUT2D eigenvalue weighted by Gasteiger charge is 2.24. The Kier molecular flexibility index (Phi) is 15.1. The van der Waals surface area contributed by atoms with Gasteiger partial charge in [-0.2, -0.15) is 11.8 Å². The molecule has 0 aromatic carbocycles. The van der Waals surface area contributed by atoms with Gasteiger partial charge in [0, 0.05) is 51.3 Å². The fraction of sp³-hybridized carbons (Fsp3) is 0.722. The summed E-state index contributed by atoms with van der Waals surface area (Å²) in [5.41, 5.74) is 0. The molecule has 0 saturated carbocycles. The second-order valence-electron chi connectivity index (χ2n) is 6.35. The monoisotopic (exact) mass is 527 g/mol. The van der Waals surface area contributed by atoms with Gasteiger partial charge in [0.1, 0.15) is 6.54 Å². The van der Waals surface area contributed by atoms with E-state index in [4.69, 9.17) is 4.74 Å². The van der Waals surface area contributed by atoms with Gasteiger partial charge in [0.15, 0.2) is 5.96 Å². The molecular weight excluding hydrogens is 493 g/mol. The number of carbonyl (C=O) groups excluding carboxylic acids is 2. The van der Waals surface area contributed by atoms with Gasteiger partial charge in [0.25, 0.3) is 0 Å². The average Bonchev–Trinajstić information content (AvgIpc) is 2.66. The lowest BCUT2D eigenvalue weighted by molar-refractivity contribution is -0.127. The maximum Gasteiger partial charge on any atom is 0.409 e. The van der Waals surface area contributed by atoms with Gasteiger partial charge in [-0.05, 0) is 19.8 Å². The zero-order chi connectivity index (χ0) is 20.1. The van der Waals surface area contributed by atoms with Crippen LogP contribution < -0.4 is 10.6 Å². The summed E-state index contributed by atoms with van der Waals surface area (Å²) < 4.78 is 5.05. The standard InChI is InChI=1S/C18H33N5O3S.HI/c1-5-12-27-13-9-19-17(20-14-16(24)22(3)4)21-15-7-10-23(11-8-15)18(25)26-6-2;/h5,15H,1,6-14H2,2-4H3,(H2,19,20,21);1H. The van der Waals surface area contributed by atoms with E-state index in [9.17, 15) is 9.59 Å². The predicted molar refractivity (Wildman–Crippen MR) is 127 cm³/mol. The van der Waals surface area contributed by atoms with Crippen molar-refractivity contribution >= 4 is 53.7 Å². The van der Waals surface area contributed by atoms with E-state index in [1.165, 1.54) is 4.90 Å². The van der Waals surface area contributed by atoms with Crippen LogP contribution in [0.3, 0.4) is 0 Å². The highest BCUT2D eigenvalue weighted by molar-refractivity contribution is 14.0. The highest BCUT2D eigenvalue weighted by Crippen LogP contribution is 2.11. The lowest BCUT2D eigenvalue weighted by atomic mass is 10.1. The molecule has 0 aromatic rings. The van der Waals surface area contributed by atoms with E-state index in [0.29, 0.717) is 25.7 Å². The van der Waals surface area contributed by atoms with Crippen molar-refractivity contribution in [1.29, 1.82) is 0 Å². The number of rotatable bonds is 9. The topological polar surface area (TPSA) is 86.3 Å². The molecule has 0 radical (unpaired) electrons. The third kappa shape index (κ3) is 11.0. The van der Waals surface area contributed by atoms with Gasteiger partial charge < -0.3 is 25.2 Å². The number of nitrogens with one attached hydrogen (secondary N) is 2. The molecule has 0 aliphatic carbocycles. The van der Waals surface area contributed by atoms with Crippen LogP contribution in [0.2, 0.25) is 0 Å². The van der Waals surface area contributed by atoms with Gasteiger partial charge in [0.2, 0.25) is 5.91 Å². The summed E-state index contributed by atoms with van der Waals surface area (Å²) in [6.07, 6.45) is 3.25. The number of carbonyl (C=O) groups is 2. The van der Waals surface area contributed by atoms with Gasteiger partial charge in [-0.3, -0.25) is 4.79 Å². The first-order chi connectivity index (χ1) is 13.0. The van der Waals surface area contributed by atoms with Crippen LogP contribution >= 0.6 is 35.7 Å². The maximum absolute atomic E-state index is 11.8. The molecule has 1 rings (SSSR count). The Labute approximate surface area is 189 Å². The zero-order valence-corrected chi connectivity index (χ0v) is 20.3. The number of ether oxygens (including phenoxy) is 1. The molecule has 0 atom stereocenters. The van der Waals surface area contributed by atoms with E-state index >= 15 is 0 Å².